The number of hydrogen-bond donors (Lipinski definition) is 1. The summed E-state index contributed by atoms with van der Waals surface area (Å²) in [5.41, 5.74) is -0.624. The van der Waals surface area contributed by atoms with Crippen LogP contribution in [0, 0.1) is 0 Å². The molecule has 6 heteroatoms. The molecule has 1 aromatic carbocycles. The van der Waals surface area contributed by atoms with Crippen molar-refractivity contribution in [3.63, 3.8) is 0 Å². The van der Waals surface area contributed by atoms with Crippen LogP contribution in [0.25, 0.3) is 11.3 Å². The third-order valence-corrected chi connectivity index (χ3v) is 2.55. The van der Waals surface area contributed by atoms with Crippen molar-refractivity contribution in [1.82, 2.24) is 0 Å². The number of rotatable bonds is 2. The molecular weight excluding hydrogens is 269 g/mol. The second kappa shape index (κ2) is 4.66. The van der Waals surface area contributed by atoms with Gasteiger partial charge in [-0.05, 0) is 30.3 Å². The van der Waals surface area contributed by atoms with Crippen molar-refractivity contribution >= 4 is 11.6 Å². The van der Waals surface area contributed by atoms with Gasteiger partial charge < -0.3 is 9.52 Å². The Morgan fingerprint density at radius 1 is 1.17 bits per heavy atom. The summed E-state index contributed by atoms with van der Waals surface area (Å²) in [6, 6.07) is 6.14. The third-order valence-electron chi connectivity index (χ3n) is 2.33. The molecule has 0 saturated heterocycles. The van der Waals surface area contributed by atoms with Crippen molar-refractivity contribution in [2.45, 2.75) is 12.8 Å². The van der Waals surface area contributed by atoms with Crippen LogP contribution in [0.1, 0.15) is 11.3 Å². The lowest BCUT2D eigenvalue weighted by Gasteiger charge is -2.08. The Labute approximate surface area is 106 Å². The Kier molecular flexibility index (Phi) is 3.36. The van der Waals surface area contributed by atoms with E-state index in [1.807, 2.05) is 0 Å². The Morgan fingerprint density at radius 3 is 2.44 bits per heavy atom. The van der Waals surface area contributed by atoms with E-state index in [1.54, 1.807) is 0 Å². The van der Waals surface area contributed by atoms with E-state index in [2.05, 4.69) is 0 Å². The molecule has 96 valence electrons. The van der Waals surface area contributed by atoms with Gasteiger partial charge in [0.15, 0.2) is 0 Å². The Bertz CT molecular complexity index is 561. The van der Waals surface area contributed by atoms with E-state index in [-0.39, 0.29) is 28.7 Å². The highest BCUT2D eigenvalue weighted by atomic mass is 35.5. The number of aliphatic hydroxyl groups is 1. The predicted molar refractivity (Wildman–Crippen MR) is 60.1 cm³/mol. The number of alkyl halides is 3. The van der Waals surface area contributed by atoms with Gasteiger partial charge in [0.25, 0.3) is 0 Å². The van der Waals surface area contributed by atoms with Gasteiger partial charge in [-0.25, -0.2) is 0 Å². The fourth-order valence-corrected chi connectivity index (χ4v) is 1.75. The first-order valence-electron chi connectivity index (χ1n) is 4.98. The maximum atomic E-state index is 12.6. The van der Waals surface area contributed by atoms with Gasteiger partial charge in [-0.2, -0.15) is 13.2 Å². The average Bonchev–Trinajstić information content (AvgIpc) is 2.75. The second-order valence-electron chi connectivity index (χ2n) is 3.65. The van der Waals surface area contributed by atoms with E-state index in [0.29, 0.717) is 0 Å². The van der Waals surface area contributed by atoms with Crippen molar-refractivity contribution in [3.8, 4) is 11.3 Å². The van der Waals surface area contributed by atoms with Gasteiger partial charge in [-0.3, -0.25) is 0 Å². The molecule has 0 aliphatic heterocycles. The van der Waals surface area contributed by atoms with Crippen molar-refractivity contribution in [2.24, 2.45) is 0 Å². The van der Waals surface area contributed by atoms with Gasteiger partial charge in [-0.1, -0.05) is 11.6 Å². The van der Waals surface area contributed by atoms with Gasteiger partial charge in [0.1, 0.15) is 18.1 Å². The third kappa shape index (κ3) is 2.68. The summed E-state index contributed by atoms with van der Waals surface area (Å²) in [5, 5.41) is 8.81. The normalized spacial score (nSPS) is 11.8. The van der Waals surface area contributed by atoms with Crippen molar-refractivity contribution < 1.29 is 22.7 Å². The largest absolute Gasteiger partial charge is 0.459 e. The maximum absolute atomic E-state index is 12.6. The van der Waals surface area contributed by atoms with Crippen molar-refractivity contribution in [2.75, 3.05) is 0 Å². The SMILES string of the molecule is OCc1ccc(-c2cc(Cl)cc(C(F)(F)F)c2)o1. The van der Waals surface area contributed by atoms with Crippen LogP contribution < -0.4 is 0 Å². The van der Waals surface area contributed by atoms with Gasteiger partial charge in [-0.15, -0.1) is 0 Å². The standard InChI is InChI=1S/C12H8ClF3O2/c13-9-4-7(3-8(5-9)12(14,15)16)11-2-1-10(6-17)18-11/h1-5,17H,6H2. The number of benzene rings is 1. The highest BCUT2D eigenvalue weighted by Gasteiger charge is 2.31. The zero-order valence-corrected chi connectivity index (χ0v) is 9.72. The molecule has 2 nitrogen and oxygen atoms in total. The molecule has 1 N–H and O–H groups in total. The molecule has 0 fully saturated rings. The molecule has 2 rings (SSSR count). The lowest BCUT2D eigenvalue weighted by molar-refractivity contribution is -0.137. The molecule has 18 heavy (non-hydrogen) atoms. The minimum atomic E-state index is -4.47. The fourth-order valence-electron chi connectivity index (χ4n) is 1.51. The first-order chi connectivity index (χ1) is 8.40. The molecule has 0 radical (unpaired) electrons. The van der Waals surface area contributed by atoms with Crippen molar-refractivity contribution in [1.29, 1.82) is 0 Å². The number of aliphatic hydroxyl groups excluding tert-OH is 1. The zero-order valence-electron chi connectivity index (χ0n) is 8.96. The molecule has 1 heterocycles. The quantitative estimate of drug-likeness (QED) is 0.895. The van der Waals surface area contributed by atoms with Crippen LogP contribution >= 0.6 is 11.6 Å². The molecule has 1 aromatic heterocycles. The molecule has 0 saturated carbocycles. The minimum absolute atomic E-state index is 0.0261. The summed E-state index contributed by atoms with van der Waals surface area (Å²) in [4.78, 5) is 0. The first-order valence-corrected chi connectivity index (χ1v) is 5.35. The molecule has 0 bridgehead atoms. The summed E-state index contributed by atoms with van der Waals surface area (Å²) in [6.45, 7) is -0.313. The monoisotopic (exact) mass is 276 g/mol. The van der Waals surface area contributed by atoms with E-state index in [0.717, 1.165) is 12.1 Å². The van der Waals surface area contributed by atoms with Crippen LogP contribution in [0.2, 0.25) is 5.02 Å². The lowest BCUT2D eigenvalue weighted by atomic mass is 10.1. The van der Waals surface area contributed by atoms with Gasteiger partial charge in [0.05, 0.1) is 5.56 Å². The Morgan fingerprint density at radius 2 is 1.89 bits per heavy atom. The molecule has 2 aromatic rings. The predicted octanol–water partition coefficient (Wildman–Crippen LogP) is 4.11. The Hall–Kier alpha value is -1.46. The molecular formula is C12H8ClF3O2. The Balaban J connectivity index is 2.48. The first kappa shape index (κ1) is 13.0. The number of hydrogen-bond acceptors (Lipinski definition) is 2. The summed E-state index contributed by atoms with van der Waals surface area (Å²) in [5.74, 6) is 0.505. The van der Waals surface area contributed by atoms with Crippen molar-refractivity contribution in [3.05, 3.63) is 46.7 Å². The second-order valence-corrected chi connectivity index (χ2v) is 4.09. The smallest absolute Gasteiger partial charge is 0.416 e. The molecule has 0 amide bonds. The van der Waals surface area contributed by atoms with Crippen LogP contribution in [-0.2, 0) is 12.8 Å². The van der Waals surface area contributed by atoms with Gasteiger partial charge >= 0.3 is 6.18 Å². The van der Waals surface area contributed by atoms with E-state index in [4.69, 9.17) is 21.1 Å². The van der Waals surface area contributed by atoms with Gasteiger partial charge in [0.2, 0.25) is 0 Å². The van der Waals surface area contributed by atoms with Crippen LogP contribution in [0.5, 0.6) is 0 Å². The van der Waals surface area contributed by atoms with Crippen LogP contribution in [-0.4, -0.2) is 5.11 Å². The average molecular weight is 277 g/mol. The minimum Gasteiger partial charge on any atom is -0.459 e. The number of halogens is 4. The summed E-state index contributed by atoms with van der Waals surface area (Å²) in [7, 11) is 0. The molecule has 0 aliphatic rings. The summed E-state index contributed by atoms with van der Waals surface area (Å²) >= 11 is 5.66. The van der Waals surface area contributed by atoms with Gasteiger partial charge in [0, 0.05) is 10.6 Å². The van der Waals surface area contributed by atoms with E-state index in [1.165, 1.54) is 18.2 Å². The molecule has 0 spiro atoms. The number of furan rings is 1. The lowest BCUT2D eigenvalue weighted by Crippen LogP contribution is -2.04. The maximum Gasteiger partial charge on any atom is 0.416 e. The van der Waals surface area contributed by atoms with E-state index in [9.17, 15) is 13.2 Å². The highest BCUT2D eigenvalue weighted by Crippen LogP contribution is 2.35. The van der Waals surface area contributed by atoms with E-state index >= 15 is 0 Å². The van der Waals surface area contributed by atoms with Crippen LogP contribution in [0.4, 0.5) is 13.2 Å². The molecule has 0 aliphatic carbocycles. The van der Waals surface area contributed by atoms with E-state index < -0.39 is 11.7 Å². The molecule has 0 unspecified atom stereocenters. The molecule has 0 atom stereocenters. The topological polar surface area (TPSA) is 33.4 Å². The van der Waals surface area contributed by atoms with Crippen LogP contribution in [0.3, 0.4) is 0 Å². The summed E-state index contributed by atoms with van der Waals surface area (Å²) in [6.07, 6.45) is -4.47. The highest BCUT2D eigenvalue weighted by molar-refractivity contribution is 6.30. The zero-order chi connectivity index (χ0) is 13.3. The summed E-state index contributed by atoms with van der Waals surface area (Å²) < 4.78 is 43.0. The fraction of sp³-hybridized carbons (Fsp3) is 0.167. The van der Waals surface area contributed by atoms with Crippen LogP contribution in [0.15, 0.2) is 34.7 Å².